The molecule has 0 radical (unpaired) electrons. The van der Waals surface area contributed by atoms with Gasteiger partial charge in [-0.3, -0.25) is 13.9 Å². The van der Waals surface area contributed by atoms with Crippen molar-refractivity contribution in [3.8, 4) is 0 Å². The molecule has 0 spiro atoms. The van der Waals surface area contributed by atoms with Crippen LogP contribution in [0.2, 0.25) is 5.02 Å². The first-order valence-corrected chi connectivity index (χ1v) is 14.6. The van der Waals surface area contributed by atoms with E-state index < -0.39 is 28.5 Å². The average molecular weight is 556 g/mol. The summed E-state index contributed by atoms with van der Waals surface area (Å²) in [5.74, 6) is -0.813. The van der Waals surface area contributed by atoms with Crippen molar-refractivity contribution in [2.24, 2.45) is 0 Å². The number of carbonyl (C=O) groups is 2. The largest absolute Gasteiger partial charge is 0.355 e. The number of halogens is 1. The molecule has 0 saturated heterocycles. The van der Waals surface area contributed by atoms with E-state index >= 15 is 0 Å². The highest BCUT2D eigenvalue weighted by Crippen LogP contribution is 2.25. The van der Waals surface area contributed by atoms with Crippen LogP contribution in [0.3, 0.4) is 0 Å². The van der Waals surface area contributed by atoms with E-state index in [4.69, 9.17) is 11.6 Å². The van der Waals surface area contributed by atoms with Gasteiger partial charge in [0.25, 0.3) is 0 Å². The van der Waals surface area contributed by atoms with Crippen LogP contribution in [0.4, 0.5) is 5.69 Å². The maximum Gasteiger partial charge on any atom is 0.244 e. The number of rotatable bonds is 11. The fraction of sp³-hybridized carbons (Fsp3) is 0.310. The third-order valence-electron chi connectivity index (χ3n) is 6.16. The third kappa shape index (κ3) is 7.82. The van der Waals surface area contributed by atoms with Crippen LogP contribution in [0, 0.1) is 13.8 Å². The molecule has 202 valence electrons. The van der Waals surface area contributed by atoms with Crippen LogP contribution in [0.1, 0.15) is 29.2 Å². The molecule has 1 N–H and O–H groups in total. The lowest BCUT2D eigenvalue weighted by atomic mass is 10.0. The molecule has 0 aliphatic carbocycles. The first-order valence-electron chi connectivity index (χ1n) is 12.4. The van der Waals surface area contributed by atoms with Crippen LogP contribution in [-0.4, -0.2) is 50.5 Å². The van der Waals surface area contributed by atoms with Gasteiger partial charge in [0.1, 0.15) is 12.6 Å². The summed E-state index contributed by atoms with van der Waals surface area (Å²) in [7, 11) is -3.81. The summed E-state index contributed by atoms with van der Waals surface area (Å²) in [6.07, 6.45) is 1.34. The van der Waals surface area contributed by atoms with Gasteiger partial charge in [-0.2, -0.15) is 0 Å². The summed E-state index contributed by atoms with van der Waals surface area (Å²) in [4.78, 5) is 28.8. The Morgan fingerprint density at radius 1 is 0.947 bits per heavy atom. The highest BCUT2D eigenvalue weighted by Gasteiger charge is 2.33. The maximum absolute atomic E-state index is 14.0. The molecular formula is C29H34ClN3O4S. The zero-order chi connectivity index (χ0) is 27.9. The Morgan fingerprint density at radius 3 is 2.24 bits per heavy atom. The lowest BCUT2D eigenvalue weighted by molar-refractivity contribution is -0.140. The number of hydrogen-bond acceptors (Lipinski definition) is 4. The van der Waals surface area contributed by atoms with Crippen LogP contribution in [0.25, 0.3) is 0 Å². The topological polar surface area (TPSA) is 86.8 Å². The molecule has 0 heterocycles. The molecule has 3 aromatic carbocycles. The molecule has 7 nitrogen and oxygen atoms in total. The predicted octanol–water partition coefficient (Wildman–Crippen LogP) is 4.50. The van der Waals surface area contributed by atoms with E-state index in [0.717, 1.165) is 32.8 Å². The number of aryl methyl sites for hydroxylation is 2. The number of nitrogens with one attached hydrogen (secondary N) is 1. The van der Waals surface area contributed by atoms with Gasteiger partial charge >= 0.3 is 0 Å². The lowest BCUT2D eigenvalue weighted by Crippen LogP contribution is -2.53. The summed E-state index contributed by atoms with van der Waals surface area (Å²) < 4.78 is 26.9. The Balaban J connectivity index is 2.06. The summed E-state index contributed by atoms with van der Waals surface area (Å²) >= 11 is 6.21. The predicted molar refractivity (Wildman–Crippen MR) is 153 cm³/mol. The van der Waals surface area contributed by atoms with Crippen molar-refractivity contribution < 1.29 is 18.0 Å². The van der Waals surface area contributed by atoms with E-state index in [1.54, 1.807) is 24.3 Å². The van der Waals surface area contributed by atoms with Crippen LogP contribution >= 0.6 is 11.6 Å². The van der Waals surface area contributed by atoms with Crippen molar-refractivity contribution in [2.75, 3.05) is 23.7 Å². The molecule has 0 fully saturated rings. The van der Waals surface area contributed by atoms with Crippen molar-refractivity contribution in [1.82, 2.24) is 10.2 Å². The molecule has 0 unspecified atom stereocenters. The van der Waals surface area contributed by atoms with Crippen LogP contribution in [0.5, 0.6) is 0 Å². The van der Waals surface area contributed by atoms with Gasteiger partial charge in [0, 0.05) is 24.5 Å². The molecule has 0 saturated carbocycles. The minimum absolute atomic E-state index is 0.0819. The second-order valence-corrected chi connectivity index (χ2v) is 11.7. The molecule has 38 heavy (non-hydrogen) atoms. The van der Waals surface area contributed by atoms with Crippen LogP contribution in [-0.2, 0) is 32.6 Å². The molecule has 1 atom stereocenters. The van der Waals surface area contributed by atoms with Crippen molar-refractivity contribution >= 4 is 39.1 Å². The molecule has 0 aromatic heterocycles. The monoisotopic (exact) mass is 555 g/mol. The second-order valence-electron chi connectivity index (χ2n) is 9.31. The van der Waals surface area contributed by atoms with Gasteiger partial charge in [-0.25, -0.2) is 8.42 Å². The molecule has 0 aliphatic rings. The summed E-state index contributed by atoms with van der Waals surface area (Å²) in [5, 5.41) is 3.34. The number of hydrogen-bond donors (Lipinski definition) is 1. The van der Waals surface area contributed by atoms with Gasteiger partial charge in [0.05, 0.1) is 11.9 Å². The first-order chi connectivity index (χ1) is 18.0. The average Bonchev–Trinajstić information content (AvgIpc) is 2.85. The van der Waals surface area contributed by atoms with Crippen LogP contribution in [0.15, 0.2) is 72.8 Å². The van der Waals surface area contributed by atoms with E-state index in [1.165, 1.54) is 4.90 Å². The number of likely N-dealkylation sites (N-methyl/N-ethyl adjacent to an activating group) is 1. The summed E-state index contributed by atoms with van der Waals surface area (Å²) in [6, 6.07) is 21.0. The maximum atomic E-state index is 14.0. The fourth-order valence-electron chi connectivity index (χ4n) is 4.36. The van der Waals surface area contributed by atoms with Crippen molar-refractivity contribution in [3.05, 3.63) is 100 Å². The van der Waals surface area contributed by atoms with Crippen molar-refractivity contribution in [2.45, 2.75) is 39.8 Å². The van der Waals surface area contributed by atoms with Crippen LogP contribution < -0.4 is 9.62 Å². The number of sulfonamides is 1. The Kier molecular flexibility index (Phi) is 9.94. The van der Waals surface area contributed by atoms with Gasteiger partial charge in [0.2, 0.25) is 21.8 Å². The van der Waals surface area contributed by atoms with E-state index in [9.17, 15) is 18.0 Å². The van der Waals surface area contributed by atoms with E-state index in [2.05, 4.69) is 5.32 Å². The fourth-order valence-corrected chi connectivity index (χ4v) is 5.48. The van der Waals surface area contributed by atoms with E-state index in [0.29, 0.717) is 17.3 Å². The standard InChI is InChI=1S/C29H34ClN3O4S/c1-5-31-29(35)27(18-23-10-7-6-8-11-23)32(19-24-12-9-13-25(30)17-24)28(34)20-33(38(4,36)37)26-15-14-21(2)16-22(26)3/h6-17,27H,5,18-20H2,1-4H3,(H,31,35)/t27-/m1/s1. The first kappa shape index (κ1) is 29.2. The molecule has 9 heteroatoms. The number of benzene rings is 3. The summed E-state index contributed by atoms with van der Waals surface area (Å²) in [5.41, 5.74) is 3.74. The molecular weight excluding hydrogens is 522 g/mol. The number of amides is 2. The smallest absolute Gasteiger partial charge is 0.244 e. The van der Waals surface area contributed by atoms with Crippen molar-refractivity contribution in [3.63, 3.8) is 0 Å². The highest BCUT2D eigenvalue weighted by atomic mass is 35.5. The number of carbonyl (C=O) groups excluding carboxylic acids is 2. The summed E-state index contributed by atoms with van der Waals surface area (Å²) in [6.45, 7) is 5.56. The zero-order valence-corrected chi connectivity index (χ0v) is 23.7. The van der Waals surface area contributed by atoms with Gasteiger partial charge in [-0.1, -0.05) is 71.8 Å². The van der Waals surface area contributed by atoms with E-state index in [-0.39, 0.29) is 18.9 Å². The second kappa shape index (κ2) is 12.9. The molecule has 2 amide bonds. The van der Waals surface area contributed by atoms with Gasteiger partial charge in [0.15, 0.2) is 0 Å². The zero-order valence-electron chi connectivity index (χ0n) is 22.1. The normalized spacial score (nSPS) is 12.0. The minimum atomic E-state index is -3.81. The Labute approximate surface area is 230 Å². The lowest BCUT2D eigenvalue weighted by Gasteiger charge is -2.33. The van der Waals surface area contributed by atoms with Gasteiger partial charge in [-0.15, -0.1) is 0 Å². The minimum Gasteiger partial charge on any atom is -0.355 e. The SMILES string of the molecule is CCNC(=O)[C@@H](Cc1ccccc1)N(Cc1cccc(Cl)c1)C(=O)CN(c1ccc(C)cc1C)S(C)(=O)=O. The Hall–Kier alpha value is -3.36. The third-order valence-corrected chi connectivity index (χ3v) is 7.53. The van der Waals surface area contributed by atoms with Gasteiger partial charge in [-0.05, 0) is 55.7 Å². The molecule has 3 aromatic rings. The molecule has 0 bridgehead atoms. The molecule has 0 aliphatic heterocycles. The Bertz CT molecular complexity index is 1380. The number of nitrogens with zero attached hydrogens (tertiary/aromatic N) is 2. The Morgan fingerprint density at radius 2 is 1.63 bits per heavy atom. The quantitative estimate of drug-likeness (QED) is 0.377. The van der Waals surface area contributed by atoms with Gasteiger partial charge < -0.3 is 10.2 Å². The number of anilines is 1. The van der Waals surface area contributed by atoms with E-state index in [1.807, 2.05) is 69.3 Å². The molecule has 3 rings (SSSR count). The van der Waals surface area contributed by atoms with Crippen molar-refractivity contribution in [1.29, 1.82) is 0 Å². The highest BCUT2D eigenvalue weighted by molar-refractivity contribution is 7.92.